The predicted octanol–water partition coefficient (Wildman–Crippen LogP) is 5.11. The van der Waals surface area contributed by atoms with E-state index in [0.717, 1.165) is 22.4 Å². The molecule has 4 aromatic rings. The van der Waals surface area contributed by atoms with Gasteiger partial charge in [0.15, 0.2) is 5.16 Å². The van der Waals surface area contributed by atoms with Crippen molar-refractivity contribution in [3.05, 3.63) is 99.6 Å². The summed E-state index contributed by atoms with van der Waals surface area (Å²) in [4.78, 5) is 30.8. The van der Waals surface area contributed by atoms with Crippen molar-refractivity contribution in [3.63, 3.8) is 0 Å². The molecule has 0 aliphatic rings. The SMILES string of the molecule is Cc1cccc(-n2c(SCC(=O)NC(C)c3ccc(F)cc3)nc3ccccc3c2=O)c1C. The number of nitrogens with one attached hydrogen (secondary N) is 1. The number of carbonyl (C=O) groups excluding carboxylic acids is 1. The van der Waals surface area contributed by atoms with E-state index in [0.29, 0.717) is 16.1 Å². The van der Waals surface area contributed by atoms with Crippen LogP contribution in [0.5, 0.6) is 0 Å². The number of halogens is 1. The van der Waals surface area contributed by atoms with Crippen LogP contribution in [0.3, 0.4) is 0 Å². The highest BCUT2D eigenvalue weighted by Gasteiger charge is 2.17. The summed E-state index contributed by atoms with van der Waals surface area (Å²) in [5.74, 6) is -0.437. The van der Waals surface area contributed by atoms with Crippen molar-refractivity contribution in [2.45, 2.75) is 32.0 Å². The Hall–Kier alpha value is -3.45. The number of amides is 1. The van der Waals surface area contributed by atoms with E-state index < -0.39 is 0 Å². The highest BCUT2D eigenvalue weighted by atomic mass is 32.2. The predicted molar refractivity (Wildman–Crippen MR) is 130 cm³/mol. The number of benzene rings is 3. The first kappa shape index (κ1) is 22.7. The molecule has 1 amide bonds. The number of para-hydroxylation sites is 1. The molecular formula is C26H24FN3O2S. The molecule has 0 fully saturated rings. The third-order valence-electron chi connectivity index (χ3n) is 5.64. The molecule has 0 saturated heterocycles. The van der Waals surface area contributed by atoms with Crippen molar-refractivity contribution in [1.82, 2.24) is 14.9 Å². The van der Waals surface area contributed by atoms with Crippen LogP contribution >= 0.6 is 11.8 Å². The molecule has 0 aliphatic heterocycles. The van der Waals surface area contributed by atoms with Crippen LogP contribution in [0.2, 0.25) is 0 Å². The monoisotopic (exact) mass is 461 g/mol. The van der Waals surface area contributed by atoms with Crippen LogP contribution in [0.25, 0.3) is 16.6 Å². The van der Waals surface area contributed by atoms with Gasteiger partial charge >= 0.3 is 0 Å². The molecule has 5 nitrogen and oxygen atoms in total. The molecule has 33 heavy (non-hydrogen) atoms. The van der Waals surface area contributed by atoms with Gasteiger partial charge in [0.05, 0.1) is 28.4 Å². The summed E-state index contributed by atoms with van der Waals surface area (Å²) in [6.45, 7) is 5.81. The van der Waals surface area contributed by atoms with Gasteiger partial charge in [0.1, 0.15) is 5.82 Å². The molecule has 4 rings (SSSR count). The van der Waals surface area contributed by atoms with E-state index in [-0.39, 0.29) is 29.1 Å². The zero-order valence-corrected chi connectivity index (χ0v) is 19.4. The maximum Gasteiger partial charge on any atom is 0.266 e. The number of fused-ring (bicyclic) bond motifs is 1. The fourth-order valence-electron chi connectivity index (χ4n) is 3.65. The Balaban J connectivity index is 1.64. The molecule has 0 aliphatic carbocycles. The van der Waals surface area contributed by atoms with Gasteiger partial charge in [-0.25, -0.2) is 9.37 Å². The van der Waals surface area contributed by atoms with Gasteiger partial charge in [-0.05, 0) is 67.8 Å². The maximum atomic E-state index is 13.4. The second-order valence-electron chi connectivity index (χ2n) is 7.90. The molecule has 7 heteroatoms. The van der Waals surface area contributed by atoms with E-state index in [1.54, 1.807) is 28.8 Å². The van der Waals surface area contributed by atoms with Crippen LogP contribution in [-0.4, -0.2) is 21.2 Å². The molecule has 1 unspecified atom stereocenters. The Bertz CT molecular complexity index is 1380. The van der Waals surface area contributed by atoms with Gasteiger partial charge in [-0.2, -0.15) is 0 Å². The van der Waals surface area contributed by atoms with Gasteiger partial charge in [-0.15, -0.1) is 0 Å². The molecule has 0 saturated carbocycles. The fraction of sp³-hybridized carbons (Fsp3) is 0.192. The van der Waals surface area contributed by atoms with Crippen molar-refractivity contribution < 1.29 is 9.18 Å². The molecule has 1 aromatic heterocycles. The van der Waals surface area contributed by atoms with Gasteiger partial charge in [0.25, 0.3) is 5.56 Å². The Morgan fingerprint density at radius 3 is 2.55 bits per heavy atom. The zero-order valence-electron chi connectivity index (χ0n) is 18.6. The van der Waals surface area contributed by atoms with Crippen LogP contribution in [0.1, 0.15) is 29.7 Å². The summed E-state index contributed by atoms with van der Waals surface area (Å²) in [6.07, 6.45) is 0. The molecule has 1 heterocycles. The number of carbonyl (C=O) groups is 1. The molecule has 1 atom stereocenters. The molecule has 168 valence electrons. The second kappa shape index (κ2) is 9.58. The number of hydrogen-bond donors (Lipinski definition) is 1. The molecule has 0 spiro atoms. The standard InChI is InChI=1S/C26H24FN3O2S/c1-16-7-6-10-23(17(16)2)30-25(32)21-8-4-5-9-22(21)29-26(30)33-15-24(31)28-18(3)19-11-13-20(27)14-12-19/h4-14,18H,15H2,1-3H3,(H,28,31). The normalized spacial score (nSPS) is 12.0. The Morgan fingerprint density at radius 2 is 1.79 bits per heavy atom. The van der Waals surface area contributed by atoms with Crippen molar-refractivity contribution in [2.75, 3.05) is 5.75 Å². The minimum absolute atomic E-state index is 0.0845. The number of rotatable bonds is 6. The highest BCUT2D eigenvalue weighted by molar-refractivity contribution is 7.99. The number of nitrogens with zero attached hydrogens (tertiary/aromatic N) is 2. The summed E-state index contributed by atoms with van der Waals surface area (Å²) in [5.41, 5.74) is 4.03. The lowest BCUT2D eigenvalue weighted by Gasteiger charge is -2.17. The van der Waals surface area contributed by atoms with E-state index in [1.807, 2.05) is 51.1 Å². The lowest BCUT2D eigenvalue weighted by molar-refractivity contribution is -0.119. The van der Waals surface area contributed by atoms with E-state index >= 15 is 0 Å². The fourth-order valence-corrected chi connectivity index (χ4v) is 4.46. The summed E-state index contributed by atoms with van der Waals surface area (Å²) in [5, 5.41) is 3.90. The number of aromatic nitrogens is 2. The molecule has 0 radical (unpaired) electrons. The molecule has 1 N–H and O–H groups in total. The first-order chi connectivity index (χ1) is 15.8. The van der Waals surface area contributed by atoms with E-state index in [9.17, 15) is 14.0 Å². The van der Waals surface area contributed by atoms with Crippen molar-refractivity contribution in [1.29, 1.82) is 0 Å². The largest absolute Gasteiger partial charge is 0.349 e. The first-order valence-corrected chi connectivity index (χ1v) is 11.6. The number of hydrogen-bond acceptors (Lipinski definition) is 4. The Labute approximate surface area is 195 Å². The minimum Gasteiger partial charge on any atom is -0.349 e. The van der Waals surface area contributed by atoms with E-state index in [4.69, 9.17) is 4.98 Å². The Kier molecular flexibility index (Phi) is 6.60. The van der Waals surface area contributed by atoms with Crippen LogP contribution in [0.15, 0.2) is 76.7 Å². The molecule has 3 aromatic carbocycles. The first-order valence-electron chi connectivity index (χ1n) is 10.6. The smallest absolute Gasteiger partial charge is 0.266 e. The van der Waals surface area contributed by atoms with Gasteiger partial charge in [0, 0.05) is 0 Å². The van der Waals surface area contributed by atoms with Crippen molar-refractivity contribution in [2.24, 2.45) is 0 Å². The van der Waals surface area contributed by atoms with Crippen LogP contribution in [-0.2, 0) is 4.79 Å². The van der Waals surface area contributed by atoms with Crippen molar-refractivity contribution in [3.8, 4) is 5.69 Å². The third kappa shape index (κ3) is 4.83. The van der Waals surface area contributed by atoms with Gasteiger partial charge < -0.3 is 5.32 Å². The summed E-state index contributed by atoms with van der Waals surface area (Å²) < 4.78 is 14.8. The average molecular weight is 462 g/mol. The summed E-state index contributed by atoms with van der Waals surface area (Å²) in [6, 6.07) is 18.8. The second-order valence-corrected chi connectivity index (χ2v) is 8.84. The average Bonchev–Trinajstić information content (AvgIpc) is 2.80. The molecule has 0 bridgehead atoms. The number of aryl methyl sites for hydroxylation is 1. The topological polar surface area (TPSA) is 64.0 Å². The van der Waals surface area contributed by atoms with Crippen LogP contribution in [0.4, 0.5) is 4.39 Å². The quantitative estimate of drug-likeness (QED) is 0.320. The zero-order chi connectivity index (χ0) is 23.5. The van der Waals surface area contributed by atoms with Crippen molar-refractivity contribution >= 4 is 28.6 Å². The van der Waals surface area contributed by atoms with Gasteiger partial charge in [-0.1, -0.05) is 48.2 Å². The van der Waals surface area contributed by atoms with Crippen LogP contribution < -0.4 is 10.9 Å². The van der Waals surface area contributed by atoms with Gasteiger partial charge in [0.2, 0.25) is 5.91 Å². The van der Waals surface area contributed by atoms with Crippen LogP contribution in [0, 0.1) is 19.7 Å². The van der Waals surface area contributed by atoms with E-state index in [2.05, 4.69) is 5.32 Å². The third-order valence-corrected chi connectivity index (χ3v) is 6.58. The summed E-state index contributed by atoms with van der Waals surface area (Å²) >= 11 is 1.21. The maximum absolute atomic E-state index is 13.4. The minimum atomic E-state index is -0.320. The van der Waals surface area contributed by atoms with E-state index in [1.165, 1.54) is 23.9 Å². The highest BCUT2D eigenvalue weighted by Crippen LogP contribution is 2.24. The lowest BCUT2D eigenvalue weighted by atomic mass is 10.1. The number of thioether (sulfide) groups is 1. The lowest BCUT2D eigenvalue weighted by Crippen LogP contribution is -2.29. The summed E-state index contributed by atoms with van der Waals surface area (Å²) in [7, 11) is 0. The molecular weight excluding hydrogens is 437 g/mol. The Morgan fingerprint density at radius 1 is 1.06 bits per heavy atom. The van der Waals surface area contributed by atoms with Gasteiger partial charge in [-0.3, -0.25) is 14.2 Å².